The predicted molar refractivity (Wildman–Crippen MR) is 100 cm³/mol. The molecule has 0 aliphatic carbocycles. The Balaban J connectivity index is 2.09. The first kappa shape index (κ1) is 15.8. The molecule has 1 aromatic heterocycles. The Morgan fingerprint density at radius 2 is 1.96 bits per heavy atom. The number of nitroso groups, excluding NO2 is 1. The summed E-state index contributed by atoms with van der Waals surface area (Å²) in [6.07, 6.45) is 0.957. The molecule has 0 fully saturated rings. The number of likely N-dealkylation sites (N-methyl/N-ethyl adjacent to an activating group) is 1. The summed E-state index contributed by atoms with van der Waals surface area (Å²) in [5.41, 5.74) is 5.81. The quantitative estimate of drug-likeness (QED) is 0.725. The van der Waals surface area contributed by atoms with E-state index in [1.807, 2.05) is 24.3 Å². The van der Waals surface area contributed by atoms with Crippen molar-refractivity contribution in [2.45, 2.75) is 19.9 Å². The van der Waals surface area contributed by atoms with Crippen molar-refractivity contribution >= 4 is 16.6 Å². The molecule has 0 saturated heterocycles. The van der Waals surface area contributed by atoms with Crippen LogP contribution in [-0.2, 0) is 20.0 Å². The molecule has 1 aliphatic heterocycles. The topological polar surface area (TPSA) is 57.8 Å². The summed E-state index contributed by atoms with van der Waals surface area (Å²) < 4.78 is 1.69. The van der Waals surface area contributed by atoms with E-state index in [0.29, 0.717) is 0 Å². The van der Waals surface area contributed by atoms with Crippen LogP contribution in [0.5, 0.6) is 5.88 Å². The van der Waals surface area contributed by atoms with E-state index in [0.717, 1.165) is 48.1 Å². The molecule has 0 bridgehead atoms. The van der Waals surface area contributed by atoms with Gasteiger partial charge in [-0.1, -0.05) is 37.3 Å². The zero-order valence-electron chi connectivity index (χ0n) is 14.5. The van der Waals surface area contributed by atoms with Crippen LogP contribution >= 0.6 is 0 Å². The van der Waals surface area contributed by atoms with Crippen LogP contribution in [0, 0.1) is 4.91 Å². The van der Waals surface area contributed by atoms with Gasteiger partial charge in [0.05, 0.1) is 5.52 Å². The van der Waals surface area contributed by atoms with Crippen molar-refractivity contribution in [1.29, 1.82) is 0 Å². The van der Waals surface area contributed by atoms with E-state index in [2.05, 4.69) is 29.1 Å². The highest BCUT2D eigenvalue weighted by molar-refractivity contribution is 6.01. The third-order valence-corrected chi connectivity index (χ3v) is 5.32. The number of nitrogens with zero attached hydrogens (tertiary/aromatic N) is 3. The van der Waals surface area contributed by atoms with Crippen LogP contribution in [0.2, 0.25) is 0 Å². The molecule has 0 spiro atoms. The first-order valence-corrected chi connectivity index (χ1v) is 8.63. The number of aryl methyl sites for hydroxylation is 1. The standard InChI is InChI=1S/C20H21N3O2/c1-3-23-10-9-14-15(13-7-5-4-6-8-13)11-16-18(21-25)20(24)22(2)19(16)17(14)12-23/h4-8,11,24H,3,9-10,12H2,1-2H3. The van der Waals surface area contributed by atoms with E-state index in [4.69, 9.17) is 0 Å². The van der Waals surface area contributed by atoms with Crippen LogP contribution < -0.4 is 0 Å². The zero-order chi connectivity index (χ0) is 17.6. The lowest BCUT2D eigenvalue weighted by atomic mass is 9.88. The average molecular weight is 335 g/mol. The second kappa shape index (κ2) is 6.01. The van der Waals surface area contributed by atoms with Gasteiger partial charge >= 0.3 is 0 Å². The Morgan fingerprint density at radius 1 is 1.20 bits per heavy atom. The Kier molecular flexibility index (Phi) is 3.81. The van der Waals surface area contributed by atoms with Gasteiger partial charge in [-0.05, 0) is 46.5 Å². The molecule has 2 heterocycles. The van der Waals surface area contributed by atoms with Gasteiger partial charge in [0, 0.05) is 25.5 Å². The smallest absolute Gasteiger partial charge is 0.222 e. The van der Waals surface area contributed by atoms with Crippen molar-refractivity contribution in [3.8, 4) is 17.0 Å². The molecular formula is C20H21N3O2. The SMILES string of the molecule is CCN1CCc2c(-c3ccccc3)cc3c(N=O)c(O)n(C)c3c2C1. The summed E-state index contributed by atoms with van der Waals surface area (Å²) >= 11 is 0. The minimum atomic E-state index is -0.0639. The molecule has 5 heteroatoms. The molecule has 5 nitrogen and oxygen atoms in total. The highest BCUT2D eigenvalue weighted by Crippen LogP contribution is 2.44. The van der Waals surface area contributed by atoms with Gasteiger partial charge in [0.15, 0.2) is 5.69 Å². The molecule has 1 N–H and O–H groups in total. The van der Waals surface area contributed by atoms with E-state index >= 15 is 0 Å². The number of hydrogen-bond acceptors (Lipinski definition) is 4. The maximum atomic E-state index is 11.4. The molecule has 2 aromatic carbocycles. The minimum absolute atomic E-state index is 0.0639. The Bertz CT molecular complexity index is 960. The zero-order valence-corrected chi connectivity index (χ0v) is 14.5. The molecule has 0 unspecified atom stereocenters. The molecule has 0 amide bonds. The van der Waals surface area contributed by atoms with E-state index < -0.39 is 0 Å². The van der Waals surface area contributed by atoms with Gasteiger partial charge in [-0.3, -0.25) is 4.90 Å². The molecule has 3 aromatic rings. The summed E-state index contributed by atoms with van der Waals surface area (Å²) in [6.45, 7) is 4.97. The molecule has 128 valence electrons. The van der Waals surface area contributed by atoms with Gasteiger partial charge in [0.2, 0.25) is 5.88 Å². The van der Waals surface area contributed by atoms with Crippen molar-refractivity contribution in [2.75, 3.05) is 13.1 Å². The van der Waals surface area contributed by atoms with E-state index in [1.54, 1.807) is 11.6 Å². The lowest BCUT2D eigenvalue weighted by Gasteiger charge is -2.30. The van der Waals surface area contributed by atoms with Crippen LogP contribution in [-0.4, -0.2) is 27.7 Å². The molecule has 25 heavy (non-hydrogen) atoms. The van der Waals surface area contributed by atoms with Gasteiger partial charge in [-0.15, -0.1) is 4.91 Å². The highest BCUT2D eigenvalue weighted by atomic mass is 16.3. The molecule has 0 atom stereocenters. The second-order valence-electron chi connectivity index (χ2n) is 6.58. The van der Waals surface area contributed by atoms with Crippen LogP contribution in [0.3, 0.4) is 0 Å². The van der Waals surface area contributed by atoms with E-state index in [1.165, 1.54) is 11.1 Å². The fourth-order valence-corrected chi connectivity index (χ4v) is 3.98. The van der Waals surface area contributed by atoms with E-state index in [-0.39, 0.29) is 11.6 Å². The Hall–Kier alpha value is -2.66. The maximum Gasteiger partial charge on any atom is 0.222 e. The Morgan fingerprint density at radius 3 is 2.64 bits per heavy atom. The first-order chi connectivity index (χ1) is 12.2. The molecule has 1 aliphatic rings. The fourth-order valence-electron chi connectivity index (χ4n) is 3.98. The summed E-state index contributed by atoms with van der Waals surface area (Å²) in [7, 11) is 1.79. The first-order valence-electron chi connectivity index (χ1n) is 8.63. The van der Waals surface area contributed by atoms with Crippen molar-refractivity contribution < 1.29 is 5.11 Å². The summed E-state index contributed by atoms with van der Waals surface area (Å²) in [5.74, 6) is -0.0639. The van der Waals surface area contributed by atoms with Crippen molar-refractivity contribution in [3.63, 3.8) is 0 Å². The number of hydrogen-bond donors (Lipinski definition) is 1. The normalized spacial score (nSPS) is 14.6. The number of rotatable bonds is 3. The lowest BCUT2D eigenvalue weighted by Crippen LogP contribution is -2.31. The van der Waals surface area contributed by atoms with Gasteiger partial charge in [0.25, 0.3) is 0 Å². The fraction of sp³-hybridized carbons (Fsp3) is 0.300. The van der Waals surface area contributed by atoms with E-state index in [9.17, 15) is 10.0 Å². The van der Waals surface area contributed by atoms with Crippen LogP contribution in [0.1, 0.15) is 18.1 Å². The van der Waals surface area contributed by atoms with Crippen molar-refractivity contribution in [3.05, 3.63) is 52.4 Å². The number of aromatic hydroxyl groups is 1. The van der Waals surface area contributed by atoms with Crippen LogP contribution in [0.4, 0.5) is 5.69 Å². The largest absolute Gasteiger partial charge is 0.493 e. The predicted octanol–water partition coefficient (Wildman–Crippen LogP) is 4.33. The number of aromatic nitrogens is 1. The molecular weight excluding hydrogens is 314 g/mol. The monoisotopic (exact) mass is 335 g/mol. The number of benzene rings is 2. The van der Waals surface area contributed by atoms with Crippen LogP contribution in [0.25, 0.3) is 22.0 Å². The maximum absolute atomic E-state index is 11.4. The lowest BCUT2D eigenvalue weighted by molar-refractivity contribution is 0.269. The third kappa shape index (κ3) is 2.35. The van der Waals surface area contributed by atoms with Gasteiger partial charge < -0.3 is 9.67 Å². The minimum Gasteiger partial charge on any atom is -0.493 e. The van der Waals surface area contributed by atoms with Crippen LogP contribution in [0.15, 0.2) is 41.6 Å². The highest BCUT2D eigenvalue weighted by Gasteiger charge is 2.26. The third-order valence-electron chi connectivity index (χ3n) is 5.32. The van der Waals surface area contributed by atoms with Crippen molar-refractivity contribution in [1.82, 2.24) is 9.47 Å². The number of fused-ring (bicyclic) bond motifs is 3. The van der Waals surface area contributed by atoms with Gasteiger partial charge in [0.1, 0.15) is 0 Å². The molecule has 0 radical (unpaired) electrons. The molecule has 4 rings (SSSR count). The summed E-state index contributed by atoms with van der Waals surface area (Å²) in [5, 5.41) is 14.2. The van der Waals surface area contributed by atoms with Gasteiger partial charge in [-0.25, -0.2) is 0 Å². The Labute approximate surface area is 146 Å². The summed E-state index contributed by atoms with van der Waals surface area (Å²) in [4.78, 5) is 13.7. The van der Waals surface area contributed by atoms with Gasteiger partial charge in [-0.2, -0.15) is 0 Å². The summed E-state index contributed by atoms with van der Waals surface area (Å²) in [6, 6.07) is 12.2. The van der Waals surface area contributed by atoms with Crippen molar-refractivity contribution in [2.24, 2.45) is 12.2 Å². The average Bonchev–Trinajstić information content (AvgIpc) is 2.91. The molecule has 0 saturated carbocycles. The second-order valence-corrected chi connectivity index (χ2v) is 6.58.